The van der Waals surface area contributed by atoms with Crippen LogP contribution in [0.5, 0.6) is 5.75 Å². The molecule has 2 aromatic rings. The van der Waals surface area contributed by atoms with Gasteiger partial charge in [0.1, 0.15) is 6.07 Å². The minimum Gasteiger partial charge on any atom is -0.494 e. The molecule has 1 unspecified atom stereocenters. The Hall–Kier alpha value is -2.06. The number of methoxy groups -OCH3 is 1. The van der Waals surface area contributed by atoms with Gasteiger partial charge in [0.2, 0.25) is 0 Å². The van der Waals surface area contributed by atoms with Crippen molar-refractivity contribution >= 4 is 21.6 Å². The third-order valence-corrected chi connectivity index (χ3v) is 3.64. The SMILES string of the molecule is COc1ccc(C(C)Nc2cc(Br)ccc2C#N)cc1F. The van der Waals surface area contributed by atoms with Gasteiger partial charge < -0.3 is 10.1 Å². The Morgan fingerprint density at radius 2 is 2.05 bits per heavy atom. The molecule has 3 nitrogen and oxygen atoms in total. The van der Waals surface area contributed by atoms with Crippen molar-refractivity contribution in [1.29, 1.82) is 5.26 Å². The van der Waals surface area contributed by atoms with Crippen LogP contribution in [-0.4, -0.2) is 7.11 Å². The number of hydrogen-bond acceptors (Lipinski definition) is 3. The van der Waals surface area contributed by atoms with E-state index in [0.717, 1.165) is 10.0 Å². The second-order valence-corrected chi connectivity index (χ2v) is 5.48. The van der Waals surface area contributed by atoms with Gasteiger partial charge in [0.15, 0.2) is 11.6 Å². The third kappa shape index (κ3) is 3.53. The van der Waals surface area contributed by atoms with Crippen LogP contribution in [0.2, 0.25) is 0 Å². The van der Waals surface area contributed by atoms with Gasteiger partial charge in [0.25, 0.3) is 0 Å². The molecule has 1 atom stereocenters. The Balaban J connectivity index is 2.26. The normalized spacial score (nSPS) is 11.6. The highest BCUT2D eigenvalue weighted by molar-refractivity contribution is 9.10. The molecular formula is C16H14BrFN2O. The van der Waals surface area contributed by atoms with Gasteiger partial charge >= 0.3 is 0 Å². The quantitative estimate of drug-likeness (QED) is 0.875. The molecule has 1 N–H and O–H groups in total. The minimum absolute atomic E-state index is 0.146. The molecule has 0 aromatic heterocycles. The van der Waals surface area contributed by atoms with E-state index < -0.39 is 5.82 Å². The van der Waals surface area contributed by atoms with Crippen LogP contribution < -0.4 is 10.1 Å². The van der Waals surface area contributed by atoms with Crippen molar-refractivity contribution in [2.45, 2.75) is 13.0 Å². The van der Waals surface area contributed by atoms with E-state index in [0.29, 0.717) is 11.3 Å². The number of nitrogens with zero attached hydrogens (tertiary/aromatic N) is 1. The highest BCUT2D eigenvalue weighted by Gasteiger charge is 2.11. The molecule has 0 heterocycles. The summed E-state index contributed by atoms with van der Waals surface area (Å²) in [5, 5.41) is 12.3. The Morgan fingerprint density at radius 3 is 2.67 bits per heavy atom. The molecular weight excluding hydrogens is 335 g/mol. The summed E-state index contributed by atoms with van der Waals surface area (Å²) in [6.45, 7) is 1.91. The van der Waals surface area contributed by atoms with Crippen LogP contribution in [0.4, 0.5) is 10.1 Å². The third-order valence-electron chi connectivity index (χ3n) is 3.15. The lowest BCUT2D eigenvalue weighted by molar-refractivity contribution is 0.386. The number of hydrogen-bond donors (Lipinski definition) is 1. The Morgan fingerprint density at radius 1 is 1.29 bits per heavy atom. The van der Waals surface area contributed by atoms with Gasteiger partial charge in [0.05, 0.1) is 18.4 Å². The van der Waals surface area contributed by atoms with E-state index >= 15 is 0 Å². The number of halogens is 2. The van der Waals surface area contributed by atoms with Crippen LogP contribution in [0, 0.1) is 17.1 Å². The van der Waals surface area contributed by atoms with E-state index in [1.165, 1.54) is 13.2 Å². The zero-order valence-corrected chi connectivity index (χ0v) is 13.2. The summed E-state index contributed by atoms with van der Waals surface area (Å²) in [5.41, 5.74) is 2.02. The topological polar surface area (TPSA) is 45.0 Å². The van der Waals surface area contributed by atoms with Crippen molar-refractivity contribution in [3.8, 4) is 11.8 Å². The van der Waals surface area contributed by atoms with Crippen LogP contribution in [0.25, 0.3) is 0 Å². The second-order valence-electron chi connectivity index (χ2n) is 4.56. The van der Waals surface area contributed by atoms with Gasteiger partial charge in [0, 0.05) is 10.5 Å². The molecule has 108 valence electrons. The fourth-order valence-electron chi connectivity index (χ4n) is 2.00. The lowest BCUT2D eigenvalue weighted by Gasteiger charge is -2.17. The van der Waals surface area contributed by atoms with Crippen LogP contribution >= 0.6 is 15.9 Å². The first-order valence-corrected chi connectivity index (χ1v) is 7.14. The van der Waals surface area contributed by atoms with Crippen molar-refractivity contribution in [1.82, 2.24) is 0 Å². The molecule has 0 radical (unpaired) electrons. The first-order valence-electron chi connectivity index (χ1n) is 6.34. The molecule has 5 heteroatoms. The molecule has 0 aliphatic heterocycles. The lowest BCUT2D eigenvalue weighted by atomic mass is 10.1. The van der Waals surface area contributed by atoms with Crippen molar-refractivity contribution in [3.63, 3.8) is 0 Å². The first kappa shape index (κ1) is 15.3. The summed E-state index contributed by atoms with van der Waals surface area (Å²) in [6.07, 6.45) is 0. The maximum atomic E-state index is 13.7. The average molecular weight is 349 g/mol. The molecule has 0 aliphatic carbocycles. The molecule has 0 aliphatic rings. The predicted octanol–water partition coefficient (Wildman–Crippen LogP) is 4.64. The Labute approximate surface area is 131 Å². The summed E-state index contributed by atoms with van der Waals surface area (Å²) >= 11 is 3.38. The van der Waals surface area contributed by atoms with Crippen molar-refractivity contribution < 1.29 is 9.13 Å². The maximum absolute atomic E-state index is 13.7. The van der Waals surface area contributed by atoms with Crippen LogP contribution in [0.15, 0.2) is 40.9 Å². The summed E-state index contributed by atoms with van der Waals surface area (Å²) in [6, 6.07) is 12.2. The molecule has 21 heavy (non-hydrogen) atoms. The zero-order chi connectivity index (χ0) is 15.4. The van der Waals surface area contributed by atoms with E-state index in [1.807, 2.05) is 13.0 Å². The van der Waals surface area contributed by atoms with Gasteiger partial charge in [-0.05, 0) is 42.8 Å². The predicted molar refractivity (Wildman–Crippen MR) is 83.8 cm³/mol. The van der Waals surface area contributed by atoms with Crippen LogP contribution in [-0.2, 0) is 0 Å². The molecule has 0 saturated heterocycles. The van der Waals surface area contributed by atoms with E-state index in [1.54, 1.807) is 24.3 Å². The standard InChI is InChI=1S/C16H14BrFN2O/c1-10(11-4-6-16(21-2)14(18)7-11)20-15-8-13(17)5-3-12(15)9-19/h3-8,10,20H,1-2H3. The maximum Gasteiger partial charge on any atom is 0.165 e. The number of benzene rings is 2. The van der Waals surface area contributed by atoms with E-state index in [2.05, 4.69) is 27.3 Å². The molecule has 0 saturated carbocycles. The van der Waals surface area contributed by atoms with E-state index in [4.69, 9.17) is 10.00 Å². The summed E-state index contributed by atoms with van der Waals surface area (Å²) in [5.74, 6) is -0.190. The van der Waals surface area contributed by atoms with Gasteiger partial charge in [-0.1, -0.05) is 22.0 Å². The molecule has 0 fully saturated rings. The summed E-state index contributed by atoms with van der Waals surface area (Å²) in [7, 11) is 1.43. The largest absolute Gasteiger partial charge is 0.494 e. The van der Waals surface area contributed by atoms with Crippen LogP contribution in [0.3, 0.4) is 0 Å². The number of rotatable bonds is 4. The van der Waals surface area contributed by atoms with Gasteiger partial charge in [-0.3, -0.25) is 0 Å². The fourth-order valence-corrected chi connectivity index (χ4v) is 2.36. The first-order chi connectivity index (χ1) is 10.0. The van der Waals surface area contributed by atoms with Crippen molar-refractivity contribution in [3.05, 3.63) is 57.8 Å². The van der Waals surface area contributed by atoms with Crippen molar-refractivity contribution in [2.24, 2.45) is 0 Å². The molecule has 0 amide bonds. The molecule has 2 rings (SSSR count). The zero-order valence-electron chi connectivity index (χ0n) is 11.7. The van der Waals surface area contributed by atoms with E-state index in [9.17, 15) is 4.39 Å². The lowest BCUT2D eigenvalue weighted by Crippen LogP contribution is -2.08. The highest BCUT2D eigenvalue weighted by Crippen LogP contribution is 2.27. The molecule has 0 spiro atoms. The second kappa shape index (κ2) is 6.59. The Bertz CT molecular complexity index is 697. The number of nitriles is 1. The number of anilines is 1. The molecule has 2 aromatic carbocycles. The fraction of sp³-hybridized carbons (Fsp3) is 0.188. The summed E-state index contributed by atoms with van der Waals surface area (Å²) < 4.78 is 19.5. The average Bonchev–Trinajstić information content (AvgIpc) is 2.47. The number of ether oxygens (including phenoxy) is 1. The van der Waals surface area contributed by atoms with Gasteiger partial charge in [-0.2, -0.15) is 5.26 Å². The Kier molecular flexibility index (Phi) is 4.81. The highest BCUT2D eigenvalue weighted by atomic mass is 79.9. The van der Waals surface area contributed by atoms with Gasteiger partial charge in [-0.25, -0.2) is 4.39 Å². The van der Waals surface area contributed by atoms with Crippen LogP contribution in [0.1, 0.15) is 24.1 Å². The summed E-state index contributed by atoms with van der Waals surface area (Å²) in [4.78, 5) is 0. The minimum atomic E-state index is -0.404. The monoisotopic (exact) mass is 348 g/mol. The van der Waals surface area contributed by atoms with Gasteiger partial charge in [-0.15, -0.1) is 0 Å². The smallest absolute Gasteiger partial charge is 0.165 e. The molecule has 0 bridgehead atoms. The van der Waals surface area contributed by atoms with Crippen molar-refractivity contribution in [2.75, 3.05) is 12.4 Å². The number of nitrogens with one attached hydrogen (secondary N) is 1. The van der Waals surface area contributed by atoms with E-state index in [-0.39, 0.29) is 11.8 Å².